The fourth-order valence-electron chi connectivity index (χ4n) is 2.73. The van der Waals surface area contributed by atoms with E-state index >= 15 is 0 Å². The van der Waals surface area contributed by atoms with E-state index in [1.807, 2.05) is 19.1 Å². The van der Waals surface area contributed by atoms with Gasteiger partial charge < -0.3 is 15.3 Å². The highest BCUT2D eigenvalue weighted by Crippen LogP contribution is 2.21. The monoisotopic (exact) mass is 327 g/mol. The molecule has 0 fully saturated rings. The van der Waals surface area contributed by atoms with Crippen molar-refractivity contribution in [2.24, 2.45) is 0 Å². The highest BCUT2D eigenvalue weighted by atomic mass is 19.1. The zero-order valence-corrected chi connectivity index (χ0v) is 13.2. The van der Waals surface area contributed by atoms with Crippen LogP contribution in [0.5, 0.6) is 0 Å². The molecule has 0 radical (unpaired) electrons. The molecule has 1 atom stereocenters. The molecule has 0 saturated carbocycles. The van der Waals surface area contributed by atoms with E-state index in [9.17, 15) is 14.0 Å². The molecule has 3 aromatic rings. The number of carbonyl (C=O) groups excluding carboxylic acids is 1. The number of benzene rings is 2. The summed E-state index contributed by atoms with van der Waals surface area (Å²) in [5.74, 6) is -0.636. The van der Waals surface area contributed by atoms with E-state index in [1.165, 1.54) is 6.07 Å². The van der Waals surface area contributed by atoms with Crippen LogP contribution in [-0.2, 0) is 11.3 Å². The Balaban J connectivity index is 1.60. The zero-order chi connectivity index (χ0) is 17.1. The summed E-state index contributed by atoms with van der Waals surface area (Å²) < 4.78 is 13.7. The summed E-state index contributed by atoms with van der Waals surface area (Å²) in [6, 6.07) is 11.9. The molecular formula is C18H18FN3O2. The number of H-pyrrole nitrogens is 2. The van der Waals surface area contributed by atoms with Gasteiger partial charge in [0.25, 0.3) is 0 Å². The van der Waals surface area contributed by atoms with Crippen molar-refractivity contribution in [3.05, 3.63) is 69.9 Å². The Hall–Kier alpha value is -2.89. The molecule has 1 aromatic heterocycles. The number of carbonyl (C=O) groups is 1. The molecule has 2 aromatic carbocycles. The predicted octanol–water partition coefficient (Wildman–Crippen LogP) is 2.81. The minimum atomic E-state index is -0.292. The van der Waals surface area contributed by atoms with Crippen LogP contribution in [0.25, 0.3) is 11.0 Å². The molecule has 1 unspecified atom stereocenters. The second-order valence-electron chi connectivity index (χ2n) is 5.86. The SMILES string of the molecule is CC(CC(=O)NCc1ccc2[nH]c(=O)[nH]c2c1)c1ccccc1F. The maximum absolute atomic E-state index is 13.7. The molecule has 24 heavy (non-hydrogen) atoms. The lowest BCUT2D eigenvalue weighted by Crippen LogP contribution is -2.24. The Morgan fingerprint density at radius 1 is 1.17 bits per heavy atom. The average molecular weight is 327 g/mol. The van der Waals surface area contributed by atoms with Gasteiger partial charge in [-0.1, -0.05) is 31.2 Å². The van der Waals surface area contributed by atoms with Crippen LogP contribution >= 0.6 is 0 Å². The standard InChI is InChI=1S/C18H18FN3O2/c1-11(13-4-2-3-5-14(13)19)8-17(23)20-10-12-6-7-15-16(9-12)22-18(24)21-15/h2-7,9,11H,8,10H2,1H3,(H,20,23)(H2,21,22,24). The third kappa shape index (κ3) is 3.53. The van der Waals surface area contributed by atoms with Gasteiger partial charge in [-0.15, -0.1) is 0 Å². The quantitative estimate of drug-likeness (QED) is 0.674. The maximum atomic E-state index is 13.7. The molecule has 3 rings (SSSR count). The fourth-order valence-corrected chi connectivity index (χ4v) is 2.73. The van der Waals surface area contributed by atoms with Crippen LogP contribution in [0.2, 0.25) is 0 Å². The van der Waals surface area contributed by atoms with Gasteiger partial charge in [0.1, 0.15) is 5.82 Å². The Morgan fingerprint density at radius 2 is 1.92 bits per heavy atom. The molecule has 5 nitrogen and oxygen atoms in total. The van der Waals surface area contributed by atoms with Gasteiger partial charge in [-0.2, -0.15) is 0 Å². The molecular weight excluding hydrogens is 309 g/mol. The van der Waals surface area contributed by atoms with E-state index in [1.54, 1.807) is 24.3 Å². The molecule has 124 valence electrons. The van der Waals surface area contributed by atoms with E-state index in [2.05, 4.69) is 15.3 Å². The molecule has 0 spiro atoms. The van der Waals surface area contributed by atoms with Crippen molar-refractivity contribution in [3.8, 4) is 0 Å². The Labute approximate surface area is 137 Å². The topological polar surface area (TPSA) is 77.8 Å². The summed E-state index contributed by atoms with van der Waals surface area (Å²) in [5.41, 5.74) is 2.59. The molecule has 0 saturated heterocycles. The summed E-state index contributed by atoms with van der Waals surface area (Å²) >= 11 is 0. The second-order valence-corrected chi connectivity index (χ2v) is 5.86. The first-order chi connectivity index (χ1) is 11.5. The first-order valence-corrected chi connectivity index (χ1v) is 7.75. The molecule has 3 N–H and O–H groups in total. The van der Waals surface area contributed by atoms with Crippen LogP contribution in [-0.4, -0.2) is 15.9 Å². The second kappa shape index (κ2) is 6.70. The van der Waals surface area contributed by atoms with Crippen molar-refractivity contribution in [1.82, 2.24) is 15.3 Å². The van der Waals surface area contributed by atoms with Crippen LogP contribution in [0.4, 0.5) is 4.39 Å². The minimum absolute atomic E-state index is 0.145. The molecule has 0 aliphatic rings. The van der Waals surface area contributed by atoms with E-state index in [0.29, 0.717) is 17.6 Å². The summed E-state index contributed by atoms with van der Waals surface area (Å²) in [7, 11) is 0. The van der Waals surface area contributed by atoms with Gasteiger partial charge in [0.05, 0.1) is 11.0 Å². The van der Waals surface area contributed by atoms with Crippen LogP contribution in [0, 0.1) is 5.82 Å². The van der Waals surface area contributed by atoms with E-state index < -0.39 is 0 Å². The third-order valence-corrected chi connectivity index (χ3v) is 4.00. The molecule has 0 aliphatic heterocycles. The molecule has 0 bridgehead atoms. The van der Waals surface area contributed by atoms with Crippen LogP contribution in [0.15, 0.2) is 47.3 Å². The molecule has 1 heterocycles. The summed E-state index contributed by atoms with van der Waals surface area (Å²) in [6.07, 6.45) is 0.212. The number of hydrogen-bond acceptors (Lipinski definition) is 2. The van der Waals surface area contributed by atoms with Gasteiger partial charge in [0, 0.05) is 13.0 Å². The number of halogens is 1. The Bertz CT molecular complexity index is 929. The van der Waals surface area contributed by atoms with Crippen LogP contribution < -0.4 is 11.0 Å². The van der Waals surface area contributed by atoms with Gasteiger partial charge in [-0.05, 0) is 35.2 Å². The Morgan fingerprint density at radius 3 is 2.71 bits per heavy atom. The predicted molar refractivity (Wildman–Crippen MR) is 90.2 cm³/mol. The first kappa shape index (κ1) is 16.0. The molecule has 6 heteroatoms. The summed E-state index contributed by atoms with van der Waals surface area (Å²) in [6.45, 7) is 2.18. The van der Waals surface area contributed by atoms with E-state index in [0.717, 1.165) is 11.1 Å². The number of amides is 1. The number of hydrogen-bond donors (Lipinski definition) is 3. The number of fused-ring (bicyclic) bond motifs is 1. The van der Waals surface area contributed by atoms with Crippen molar-refractivity contribution in [1.29, 1.82) is 0 Å². The van der Waals surface area contributed by atoms with Gasteiger partial charge in [0.2, 0.25) is 5.91 Å². The average Bonchev–Trinajstić information content (AvgIpc) is 2.92. The number of rotatable bonds is 5. The van der Waals surface area contributed by atoms with Gasteiger partial charge >= 0.3 is 5.69 Å². The molecule has 1 amide bonds. The number of nitrogens with one attached hydrogen (secondary N) is 3. The van der Waals surface area contributed by atoms with E-state index in [-0.39, 0.29) is 29.8 Å². The van der Waals surface area contributed by atoms with Crippen molar-refractivity contribution in [3.63, 3.8) is 0 Å². The van der Waals surface area contributed by atoms with Gasteiger partial charge in [0.15, 0.2) is 0 Å². The van der Waals surface area contributed by atoms with Crippen LogP contribution in [0.1, 0.15) is 30.4 Å². The number of aromatic amines is 2. The van der Waals surface area contributed by atoms with Crippen molar-refractivity contribution in [2.75, 3.05) is 0 Å². The number of aromatic nitrogens is 2. The summed E-state index contributed by atoms with van der Waals surface area (Å²) in [4.78, 5) is 28.7. The van der Waals surface area contributed by atoms with Gasteiger partial charge in [-0.25, -0.2) is 9.18 Å². The van der Waals surface area contributed by atoms with E-state index in [4.69, 9.17) is 0 Å². The lowest BCUT2D eigenvalue weighted by molar-refractivity contribution is -0.121. The number of imidazole rings is 1. The minimum Gasteiger partial charge on any atom is -0.352 e. The first-order valence-electron chi connectivity index (χ1n) is 7.75. The van der Waals surface area contributed by atoms with Gasteiger partial charge in [-0.3, -0.25) is 4.79 Å². The normalized spacial score (nSPS) is 12.2. The third-order valence-electron chi connectivity index (χ3n) is 4.00. The van der Waals surface area contributed by atoms with Crippen LogP contribution in [0.3, 0.4) is 0 Å². The fraction of sp³-hybridized carbons (Fsp3) is 0.222. The highest BCUT2D eigenvalue weighted by molar-refractivity contribution is 5.78. The van der Waals surface area contributed by atoms with Crippen molar-refractivity contribution in [2.45, 2.75) is 25.8 Å². The summed E-state index contributed by atoms with van der Waals surface area (Å²) in [5, 5.41) is 2.83. The smallest absolute Gasteiger partial charge is 0.323 e. The maximum Gasteiger partial charge on any atom is 0.323 e. The van der Waals surface area contributed by atoms with Crippen molar-refractivity contribution < 1.29 is 9.18 Å². The Kier molecular flexibility index (Phi) is 4.46. The lowest BCUT2D eigenvalue weighted by Gasteiger charge is -2.13. The highest BCUT2D eigenvalue weighted by Gasteiger charge is 2.14. The zero-order valence-electron chi connectivity index (χ0n) is 13.2. The lowest BCUT2D eigenvalue weighted by atomic mass is 9.97. The molecule has 0 aliphatic carbocycles. The largest absolute Gasteiger partial charge is 0.352 e. The van der Waals surface area contributed by atoms with Crippen molar-refractivity contribution >= 4 is 16.9 Å².